The SMILES string of the molecule is COc1cc(OC)c2c(OC)c3c(c(OC)c2c1OC)C(=O)C1(CCc2cc4cc(CO)nc(OC)c4c(OC)c21)C3=O. The van der Waals surface area contributed by atoms with Crippen molar-refractivity contribution in [2.45, 2.75) is 24.9 Å². The molecule has 11 nitrogen and oxygen atoms in total. The van der Waals surface area contributed by atoms with Crippen molar-refractivity contribution < 1.29 is 47.9 Å². The Bertz CT molecular complexity index is 1860. The Morgan fingerprint density at radius 1 is 0.698 bits per heavy atom. The van der Waals surface area contributed by atoms with Gasteiger partial charge in [-0.05, 0) is 29.9 Å². The number of rotatable bonds is 8. The van der Waals surface area contributed by atoms with Gasteiger partial charge < -0.3 is 38.3 Å². The Kier molecular flexibility index (Phi) is 6.72. The van der Waals surface area contributed by atoms with Crippen molar-refractivity contribution in [2.24, 2.45) is 0 Å². The molecule has 0 saturated carbocycles. The Labute approximate surface area is 247 Å². The van der Waals surface area contributed by atoms with Crippen LogP contribution in [0, 0.1) is 0 Å². The van der Waals surface area contributed by atoms with Gasteiger partial charge in [-0.15, -0.1) is 0 Å². The molecule has 1 spiro atoms. The fourth-order valence-corrected chi connectivity index (χ4v) is 6.89. The summed E-state index contributed by atoms with van der Waals surface area (Å²) in [6, 6.07) is 5.27. The summed E-state index contributed by atoms with van der Waals surface area (Å²) in [5.74, 6) is 0.948. The summed E-state index contributed by atoms with van der Waals surface area (Å²) in [6.45, 7) is -0.285. The molecule has 0 aliphatic heterocycles. The standard InChI is InChI=1S/C32H31NO10/c1-37-17-12-18(38-2)25(39-3)21-20(17)26(40-4)22-23(27(21)41-5)30(36)32(29(22)35)9-8-14-10-15-11-16(13-34)33-31(43-7)19(15)28(42-6)24(14)32/h10-12,34H,8-9,13H2,1-7H3. The smallest absolute Gasteiger partial charge is 0.225 e. The topological polar surface area (TPSA) is 132 Å². The van der Waals surface area contributed by atoms with E-state index in [4.69, 9.17) is 33.2 Å². The number of benzene rings is 3. The number of aliphatic hydroxyl groups is 1. The lowest BCUT2D eigenvalue weighted by molar-refractivity contribution is 0.0790. The van der Waals surface area contributed by atoms with Crippen LogP contribution in [-0.4, -0.2) is 71.4 Å². The molecule has 0 amide bonds. The average Bonchev–Trinajstić information content (AvgIpc) is 3.52. The van der Waals surface area contributed by atoms with Crippen molar-refractivity contribution in [1.82, 2.24) is 4.98 Å². The highest BCUT2D eigenvalue weighted by Crippen LogP contribution is 2.61. The lowest BCUT2D eigenvalue weighted by Gasteiger charge is -2.25. The molecule has 4 aromatic rings. The molecule has 1 aromatic heterocycles. The zero-order valence-corrected chi connectivity index (χ0v) is 24.9. The molecule has 0 bridgehead atoms. The Balaban J connectivity index is 1.75. The van der Waals surface area contributed by atoms with E-state index in [0.29, 0.717) is 62.2 Å². The number of fused-ring (bicyclic) bond motifs is 5. The molecule has 6 rings (SSSR count). The van der Waals surface area contributed by atoms with Gasteiger partial charge in [-0.3, -0.25) is 9.59 Å². The summed E-state index contributed by atoms with van der Waals surface area (Å²) < 4.78 is 40.4. The minimum Gasteiger partial charge on any atom is -0.496 e. The number of pyridine rings is 1. The average molecular weight is 590 g/mol. The molecule has 1 N–H and O–H groups in total. The van der Waals surface area contributed by atoms with E-state index < -0.39 is 17.0 Å². The summed E-state index contributed by atoms with van der Waals surface area (Å²) in [4.78, 5) is 34.1. The van der Waals surface area contributed by atoms with Gasteiger partial charge in [-0.25, -0.2) is 4.98 Å². The zero-order chi connectivity index (χ0) is 30.8. The van der Waals surface area contributed by atoms with E-state index in [9.17, 15) is 14.7 Å². The highest BCUT2D eigenvalue weighted by atomic mass is 16.5. The van der Waals surface area contributed by atoms with Gasteiger partial charge in [0.2, 0.25) is 5.88 Å². The third kappa shape index (κ3) is 3.48. The maximum absolute atomic E-state index is 14.9. The quantitative estimate of drug-likeness (QED) is 0.297. The number of nitrogens with zero attached hydrogens (tertiary/aromatic N) is 1. The predicted octanol–water partition coefficient (Wildman–Crippen LogP) is 4.20. The maximum atomic E-state index is 14.9. The lowest BCUT2D eigenvalue weighted by atomic mass is 9.76. The third-order valence-electron chi connectivity index (χ3n) is 8.58. The molecule has 1 atom stereocenters. The first-order valence-corrected chi connectivity index (χ1v) is 13.5. The van der Waals surface area contributed by atoms with Gasteiger partial charge in [-0.1, -0.05) is 6.07 Å². The van der Waals surface area contributed by atoms with Gasteiger partial charge in [0.25, 0.3) is 0 Å². The largest absolute Gasteiger partial charge is 0.496 e. The minimum absolute atomic E-state index is 0.0844. The van der Waals surface area contributed by atoms with Crippen LogP contribution in [0.5, 0.6) is 40.4 Å². The molecule has 2 aliphatic carbocycles. The molecule has 3 aromatic carbocycles. The minimum atomic E-state index is -1.62. The second kappa shape index (κ2) is 10.2. The van der Waals surface area contributed by atoms with Gasteiger partial charge in [0.1, 0.15) is 28.4 Å². The number of carbonyl (C=O) groups excluding carboxylic acids is 2. The third-order valence-corrected chi connectivity index (χ3v) is 8.58. The van der Waals surface area contributed by atoms with Crippen LogP contribution in [0.2, 0.25) is 0 Å². The number of ketones is 2. The van der Waals surface area contributed by atoms with Crippen LogP contribution in [0.4, 0.5) is 0 Å². The summed E-state index contributed by atoms with van der Waals surface area (Å²) in [5.41, 5.74) is 0.198. The summed E-state index contributed by atoms with van der Waals surface area (Å²) in [7, 11) is 10.3. The lowest BCUT2D eigenvalue weighted by Crippen LogP contribution is -2.36. The van der Waals surface area contributed by atoms with Crippen molar-refractivity contribution >= 4 is 33.1 Å². The highest BCUT2D eigenvalue weighted by molar-refractivity contribution is 6.38. The molecule has 0 saturated heterocycles. The van der Waals surface area contributed by atoms with Crippen LogP contribution in [0.15, 0.2) is 18.2 Å². The second-order valence-electron chi connectivity index (χ2n) is 10.3. The Morgan fingerprint density at radius 2 is 1.30 bits per heavy atom. The number of Topliss-reactive ketones (excluding diaryl/α,β-unsaturated/α-hetero) is 2. The van der Waals surface area contributed by atoms with Crippen LogP contribution in [0.25, 0.3) is 21.5 Å². The fourth-order valence-electron chi connectivity index (χ4n) is 6.89. The first-order chi connectivity index (χ1) is 20.8. The van der Waals surface area contributed by atoms with Crippen LogP contribution >= 0.6 is 0 Å². The highest BCUT2D eigenvalue weighted by Gasteiger charge is 2.61. The first-order valence-electron chi connectivity index (χ1n) is 13.5. The number of aliphatic hydroxyl groups excluding tert-OH is 1. The molecule has 0 fully saturated rings. The normalized spacial score (nSPS) is 16.9. The molecule has 11 heteroatoms. The number of hydrogen-bond acceptors (Lipinski definition) is 11. The summed E-state index contributed by atoms with van der Waals surface area (Å²) in [5, 5.41) is 11.8. The monoisotopic (exact) mass is 589 g/mol. The van der Waals surface area contributed by atoms with Crippen molar-refractivity contribution in [2.75, 3.05) is 49.8 Å². The Hall–Kier alpha value is -4.77. The van der Waals surface area contributed by atoms with Gasteiger partial charge in [0.05, 0.1) is 89.4 Å². The van der Waals surface area contributed by atoms with E-state index >= 15 is 0 Å². The van der Waals surface area contributed by atoms with Crippen LogP contribution < -0.4 is 33.2 Å². The van der Waals surface area contributed by atoms with Crippen LogP contribution in [0.1, 0.15) is 44.0 Å². The zero-order valence-electron chi connectivity index (χ0n) is 24.9. The van der Waals surface area contributed by atoms with Gasteiger partial charge >= 0.3 is 0 Å². The van der Waals surface area contributed by atoms with Crippen molar-refractivity contribution in [3.8, 4) is 40.4 Å². The molecule has 1 unspecified atom stereocenters. The second-order valence-corrected chi connectivity index (χ2v) is 10.3. The van der Waals surface area contributed by atoms with E-state index in [2.05, 4.69) is 4.98 Å². The number of ether oxygens (including phenoxy) is 7. The number of aromatic nitrogens is 1. The van der Waals surface area contributed by atoms with Crippen LogP contribution in [-0.2, 0) is 18.4 Å². The molecular weight excluding hydrogens is 558 g/mol. The molecule has 1 heterocycles. The number of carbonyl (C=O) groups is 2. The van der Waals surface area contributed by atoms with Crippen molar-refractivity contribution in [3.63, 3.8) is 0 Å². The van der Waals surface area contributed by atoms with Gasteiger partial charge in [-0.2, -0.15) is 0 Å². The first kappa shape index (κ1) is 28.4. The molecular formula is C32H31NO10. The molecule has 224 valence electrons. The van der Waals surface area contributed by atoms with E-state index in [1.807, 2.05) is 6.07 Å². The molecule has 0 radical (unpaired) electrons. The van der Waals surface area contributed by atoms with Crippen molar-refractivity contribution in [3.05, 3.63) is 46.1 Å². The van der Waals surface area contributed by atoms with E-state index in [0.717, 1.165) is 5.56 Å². The van der Waals surface area contributed by atoms with Crippen LogP contribution in [0.3, 0.4) is 0 Å². The number of hydrogen-bond donors (Lipinski definition) is 1. The van der Waals surface area contributed by atoms with Gasteiger partial charge in [0.15, 0.2) is 23.1 Å². The van der Waals surface area contributed by atoms with E-state index in [1.165, 1.54) is 49.8 Å². The van der Waals surface area contributed by atoms with Crippen molar-refractivity contribution in [1.29, 1.82) is 0 Å². The summed E-state index contributed by atoms with van der Waals surface area (Å²) in [6.07, 6.45) is 0.626. The Morgan fingerprint density at radius 3 is 1.84 bits per heavy atom. The van der Waals surface area contributed by atoms with Gasteiger partial charge in [0, 0.05) is 11.6 Å². The summed E-state index contributed by atoms with van der Waals surface area (Å²) >= 11 is 0. The molecule has 43 heavy (non-hydrogen) atoms. The van der Waals surface area contributed by atoms with E-state index in [-0.39, 0.29) is 41.5 Å². The van der Waals surface area contributed by atoms with E-state index in [1.54, 1.807) is 12.1 Å². The molecule has 2 aliphatic rings. The predicted molar refractivity (Wildman–Crippen MR) is 156 cm³/mol. The number of aryl methyl sites for hydroxylation is 1. The maximum Gasteiger partial charge on any atom is 0.225 e. The fraction of sp³-hybridized carbons (Fsp3) is 0.344. The number of methoxy groups -OCH3 is 7.